The number of hydrazine groups is 2. The quantitative estimate of drug-likeness (QED) is 0.743. The zero-order valence-electron chi connectivity index (χ0n) is 8.12. The number of ketones is 1. The minimum atomic E-state index is -0.0494. The number of carbonyl (C=O) groups is 1. The lowest BCUT2D eigenvalue weighted by atomic mass is 10.1. The Hall–Kier alpha value is -1.52. The van der Waals surface area contributed by atoms with Gasteiger partial charge in [-0.1, -0.05) is 11.6 Å². The van der Waals surface area contributed by atoms with E-state index >= 15 is 0 Å². The molecule has 1 heterocycles. The van der Waals surface area contributed by atoms with Gasteiger partial charge >= 0.3 is 0 Å². The molecule has 5 heteroatoms. The molecule has 2 rings (SSSR count). The van der Waals surface area contributed by atoms with E-state index in [9.17, 15) is 4.79 Å². The maximum absolute atomic E-state index is 11.9. The molecule has 4 nitrogen and oxygen atoms in total. The second-order valence-corrected chi connectivity index (χ2v) is 3.62. The van der Waals surface area contributed by atoms with Crippen LogP contribution in [0, 0.1) is 0 Å². The van der Waals surface area contributed by atoms with Crippen molar-refractivity contribution in [2.75, 3.05) is 7.05 Å². The molecule has 0 atom stereocenters. The Morgan fingerprint density at radius 1 is 1.33 bits per heavy atom. The predicted octanol–water partition coefficient (Wildman–Crippen LogP) is 1.32. The summed E-state index contributed by atoms with van der Waals surface area (Å²) in [4.78, 5) is 11.9. The molecule has 0 amide bonds. The van der Waals surface area contributed by atoms with E-state index in [-0.39, 0.29) is 5.78 Å². The van der Waals surface area contributed by atoms with E-state index in [0.29, 0.717) is 16.3 Å². The Kier molecular flexibility index (Phi) is 2.62. The molecule has 0 saturated heterocycles. The molecule has 1 aromatic carbocycles. The van der Waals surface area contributed by atoms with Crippen LogP contribution in [-0.4, -0.2) is 17.8 Å². The summed E-state index contributed by atoms with van der Waals surface area (Å²) in [5.74, 6) is -0.0494. The zero-order valence-corrected chi connectivity index (χ0v) is 8.88. The molecule has 0 unspecified atom stereocenters. The summed E-state index contributed by atoms with van der Waals surface area (Å²) in [7, 11) is 1.76. The van der Waals surface area contributed by atoms with Crippen LogP contribution in [0.1, 0.15) is 10.4 Å². The first-order valence-electron chi connectivity index (χ1n) is 4.44. The number of hydrogen-bond acceptors (Lipinski definition) is 4. The van der Waals surface area contributed by atoms with Gasteiger partial charge in [0.2, 0.25) is 5.78 Å². The first kappa shape index (κ1) is 10.0. The Balaban J connectivity index is 2.25. The molecule has 0 fully saturated rings. The lowest BCUT2D eigenvalue weighted by Gasteiger charge is -2.13. The molecule has 78 valence electrons. The van der Waals surface area contributed by atoms with Crippen LogP contribution >= 0.6 is 11.6 Å². The fraction of sp³-hybridized carbons (Fsp3) is 0.100. The highest BCUT2D eigenvalue weighted by Gasteiger charge is 2.19. The maximum Gasteiger partial charge on any atom is 0.212 e. The highest BCUT2D eigenvalue weighted by molar-refractivity contribution is 6.30. The molecular weight excluding hydrogens is 214 g/mol. The topological polar surface area (TPSA) is 44.4 Å². The Bertz CT molecular complexity index is 413. The van der Waals surface area contributed by atoms with Crippen LogP contribution < -0.4 is 11.0 Å². The van der Waals surface area contributed by atoms with Crippen LogP contribution in [0.3, 0.4) is 0 Å². The second kappa shape index (κ2) is 3.92. The lowest BCUT2D eigenvalue weighted by Crippen LogP contribution is -2.35. The number of Topliss-reactive ketones (excluding diaryl/α,β-unsaturated/α-hetero) is 1. The zero-order chi connectivity index (χ0) is 10.8. The molecule has 2 N–H and O–H groups in total. The summed E-state index contributed by atoms with van der Waals surface area (Å²) in [6, 6.07) is 6.81. The van der Waals surface area contributed by atoms with E-state index in [4.69, 9.17) is 11.6 Å². The van der Waals surface area contributed by atoms with Gasteiger partial charge in [0.05, 0.1) is 0 Å². The monoisotopic (exact) mass is 223 g/mol. The van der Waals surface area contributed by atoms with Crippen molar-refractivity contribution in [2.24, 2.45) is 0 Å². The molecule has 0 spiro atoms. The second-order valence-electron chi connectivity index (χ2n) is 3.18. The number of halogens is 1. The Morgan fingerprint density at radius 2 is 2.00 bits per heavy atom. The van der Waals surface area contributed by atoms with Crippen LogP contribution in [0.4, 0.5) is 0 Å². The third kappa shape index (κ3) is 1.95. The van der Waals surface area contributed by atoms with Crippen LogP contribution in [-0.2, 0) is 0 Å². The van der Waals surface area contributed by atoms with Gasteiger partial charge < -0.3 is 5.43 Å². The van der Waals surface area contributed by atoms with Crippen molar-refractivity contribution < 1.29 is 4.79 Å². The first-order chi connectivity index (χ1) is 7.18. The van der Waals surface area contributed by atoms with Crippen molar-refractivity contribution >= 4 is 17.4 Å². The smallest absolute Gasteiger partial charge is 0.212 e. The van der Waals surface area contributed by atoms with E-state index in [1.807, 2.05) is 0 Å². The molecule has 0 aromatic heterocycles. The van der Waals surface area contributed by atoms with Gasteiger partial charge in [0, 0.05) is 23.8 Å². The Morgan fingerprint density at radius 3 is 2.53 bits per heavy atom. The van der Waals surface area contributed by atoms with Gasteiger partial charge in [-0.3, -0.25) is 9.80 Å². The van der Waals surface area contributed by atoms with Gasteiger partial charge in [-0.05, 0) is 24.3 Å². The van der Waals surface area contributed by atoms with E-state index in [2.05, 4.69) is 11.0 Å². The first-order valence-corrected chi connectivity index (χ1v) is 4.81. The highest BCUT2D eigenvalue weighted by atomic mass is 35.5. The van der Waals surface area contributed by atoms with Crippen molar-refractivity contribution in [2.45, 2.75) is 0 Å². The summed E-state index contributed by atoms with van der Waals surface area (Å²) < 4.78 is 0. The van der Waals surface area contributed by atoms with Crippen molar-refractivity contribution in [3.05, 3.63) is 46.7 Å². The van der Waals surface area contributed by atoms with Gasteiger partial charge in [0.1, 0.15) is 5.70 Å². The fourth-order valence-electron chi connectivity index (χ4n) is 1.32. The van der Waals surface area contributed by atoms with E-state index in [1.54, 1.807) is 42.5 Å². The highest BCUT2D eigenvalue weighted by Crippen LogP contribution is 2.14. The normalized spacial score (nSPS) is 14.8. The van der Waals surface area contributed by atoms with Crippen LogP contribution in [0.5, 0.6) is 0 Å². The average molecular weight is 224 g/mol. The van der Waals surface area contributed by atoms with Crippen molar-refractivity contribution in [3.8, 4) is 0 Å². The molecule has 15 heavy (non-hydrogen) atoms. The lowest BCUT2D eigenvalue weighted by molar-refractivity contribution is 0.0990. The number of nitrogens with one attached hydrogen (secondary N) is 2. The summed E-state index contributed by atoms with van der Waals surface area (Å²) >= 11 is 5.74. The summed E-state index contributed by atoms with van der Waals surface area (Å²) in [6.07, 6.45) is 1.62. The molecule has 1 aromatic rings. The number of nitrogens with zero attached hydrogens (tertiary/aromatic N) is 1. The molecule has 0 saturated carbocycles. The van der Waals surface area contributed by atoms with Crippen LogP contribution in [0.2, 0.25) is 5.02 Å². The summed E-state index contributed by atoms with van der Waals surface area (Å²) in [6.45, 7) is 0. The number of allylic oxidation sites excluding steroid dienone is 1. The van der Waals surface area contributed by atoms with Crippen molar-refractivity contribution in [3.63, 3.8) is 0 Å². The van der Waals surface area contributed by atoms with Gasteiger partial charge in [-0.2, -0.15) is 0 Å². The van der Waals surface area contributed by atoms with Crippen molar-refractivity contribution in [1.82, 2.24) is 16.0 Å². The Labute approximate surface area is 92.5 Å². The van der Waals surface area contributed by atoms with E-state index in [1.165, 1.54) is 0 Å². The van der Waals surface area contributed by atoms with E-state index in [0.717, 1.165) is 0 Å². The van der Waals surface area contributed by atoms with Gasteiger partial charge in [0.15, 0.2) is 0 Å². The molecule has 0 bridgehead atoms. The number of likely N-dealkylation sites (N-methyl/N-ethyl adjacent to an activating group) is 1. The SMILES string of the molecule is CN1NNC=C1C(=O)c1ccc(Cl)cc1. The van der Waals surface area contributed by atoms with Crippen LogP contribution in [0.15, 0.2) is 36.2 Å². The van der Waals surface area contributed by atoms with Crippen molar-refractivity contribution in [1.29, 1.82) is 0 Å². The summed E-state index contributed by atoms with van der Waals surface area (Å²) in [5.41, 5.74) is 6.71. The molecule has 0 aliphatic carbocycles. The molecule has 1 aliphatic heterocycles. The number of carbonyl (C=O) groups excluding carboxylic acids is 1. The predicted molar refractivity (Wildman–Crippen MR) is 57.9 cm³/mol. The molecule has 0 radical (unpaired) electrons. The summed E-state index contributed by atoms with van der Waals surface area (Å²) in [5, 5.41) is 2.24. The number of benzene rings is 1. The number of hydrogen-bond donors (Lipinski definition) is 2. The molecule has 1 aliphatic rings. The number of rotatable bonds is 2. The third-order valence-electron chi connectivity index (χ3n) is 2.14. The minimum Gasteiger partial charge on any atom is -0.309 e. The third-order valence-corrected chi connectivity index (χ3v) is 2.39. The van der Waals surface area contributed by atoms with E-state index < -0.39 is 0 Å². The van der Waals surface area contributed by atoms with Gasteiger partial charge in [0.25, 0.3) is 0 Å². The average Bonchev–Trinajstić information content (AvgIpc) is 2.65. The molecular formula is C10H10ClN3O. The fourth-order valence-corrected chi connectivity index (χ4v) is 1.45. The van der Waals surface area contributed by atoms with Crippen LogP contribution in [0.25, 0.3) is 0 Å². The maximum atomic E-state index is 11.9. The standard InChI is InChI=1S/C10H10ClN3O/c1-14-9(6-12-13-14)10(15)7-2-4-8(11)5-3-7/h2-6,12-13H,1H3. The largest absolute Gasteiger partial charge is 0.309 e. The minimum absolute atomic E-state index is 0.0494. The van der Waals surface area contributed by atoms with Gasteiger partial charge in [-0.15, -0.1) is 5.53 Å². The van der Waals surface area contributed by atoms with Gasteiger partial charge in [-0.25, -0.2) is 0 Å².